The van der Waals surface area contributed by atoms with Crippen molar-refractivity contribution in [3.63, 3.8) is 0 Å². The Bertz CT molecular complexity index is 585. The second-order valence-corrected chi connectivity index (χ2v) is 7.08. The zero-order valence-electron chi connectivity index (χ0n) is 17.6. The van der Waals surface area contributed by atoms with Gasteiger partial charge in [0.25, 0.3) is 0 Å². The molecule has 0 aromatic heterocycles. The quantitative estimate of drug-likeness (QED) is 0.156. The molecule has 0 spiro atoms. The first-order valence-corrected chi connectivity index (χ1v) is 8.67. The van der Waals surface area contributed by atoms with E-state index in [4.69, 9.17) is 11.6 Å². The number of rotatable bonds is 4. The summed E-state index contributed by atoms with van der Waals surface area (Å²) in [5.74, 6) is -1.56. The topological polar surface area (TPSA) is 86.7 Å². The number of halogens is 8. The van der Waals surface area contributed by atoms with Gasteiger partial charge in [0.2, 0.25) is 5.24 Å². The van der Waals surface area contributed by atoms with Crippen molar-refractivity contribution in [2.45, 2.75) is 71.8 Å². The van der Waals surface area contributed by atoms with Crippen molar-refractivity contribution in [2.24, 2.45) is 0 Å². The SMILES string of the molecule is C=C(C)OC(C)=O.CC(=O)CC(F)(F)F.CC(=O)Cl.CC(=O)OC(C)(Cl)CC(F)(F)F. The van der Waals surface area contributed by atoms with Crippen molar-refractivity contribution in [3.05, 3.63) is 12.3 Å². The van der Waals surface area contributed by atoms with Crippen molar-refractivity contribution in [1.82, 2.24) is 0 Å². The largest absolute Gasteiger partial charge is 0.443 e. The molecule has 0 aromatic carbocycles. The lowest BCUT2D eigenvalue weighted by Gasteiger charge is -2.22. The summed E-state index contributed by atoms with van der Waals surface area (Å²) < 4.78 is 77.1. The van der Waals surface area contributed by atoms with Gasteiger partial charge in [-0.3, -0.25) is 19.2 Å². The summed E-state index contributed by atoms with van der Waals surface area (Å²) in [6.07, 6.45) is -11.4. The average molecular weight is 509 g/mol. The molecule has 0 aliphatic rings. The number of ketones is 1. The first-order valence-electron chi connectivity index (χ1n) is 7.91. The van der Waals surface area contributed by atoms with Crippen molar-refractivity contribution >= 4 is 46.2 Å². The highest BCUT2D eigenvalue weighted by atomic mass is 35.5. The van der Waals surface area contributed by atoms with E-state index in [2.05, 4.69) is 27.7 Å². The van der Waals surface area contributed by atoms with E-state index in [0.717, 1.165) is 20.8 Å². The second-order valence-electron chi connectivity index (χ2n) is 5.75. The van der Waals surface area contributed by atoms with Crippen LogP contribution in [0.25, 0.3) is 0 Å². The standard InChI is InChI=1S/C6H8ClF3O2.C5H8O2.C4H5F3O.C2H3ClO/c1-4(11)12-5(2,7)3-6(8,9)10;1-4(2)7-5(3)6;1-3(8)2-4(5,6)7;1-2(3)4/h3H2,1-2H3;1H2,2-3H3;2H2,1H3;1H3. The highest BCUT2D eigenvalue weighted by Crippen LogP contribution is 2.32. The van der Waals surface area contributed by atoms with Crippen LogP contribution < -0.4 is 0 Å². The van der Waals surface area contributed by atoms with Gasteiger partial charge in [-0.1, -0.05) is 18.2 Å². The summed E-state index contributed by atoms with van der Waals surface area (Å²) in [7, 11) is 0. The third-order valence-electron chi connectivity index (χ3n) is 1.64. The van der Waals surface area contributed by atoms with E-state index in [0.29, 0.717) is 5.76 Å². The normalized spacial score (nSPS) is 12.1. The Balaban J connectivity index is -0.000000168. The summed E-state index contributed by atoms with van der Waals surface area (Å²) in [6.45, 7) is 10.5. The van der Waals surface area contributed by atoms with Crippen LogP contribution in [0.2, 0.25) is 0 Å². The number of alkyl halides is 7. The smallest absolute Gasteiger partial charge is 0.395 e. The number of carbonyl (C=O) groups is 4. The van der Waals surface area contributed by atoms with Gasteiger partial charge in [0.1, 0.15) is 12.2 Å². The van der Waals surface area contributed by atoms with Crippen LogP contribution in [0.15, 0.2) is 12.3 Å². The Morgan fingerprint density at radius 2 is 1.19 bits per heavy atom. The molecule has 0 aliphatic heterocycles. The number of esters is 2. The number of Topliss-reactive ketones (excluding diaryl/α,β-unsaturated/α-hetero) is 1. The summed E-state index contributed by atoms with van der Waals surface area (Å²) >= 11 is 9.89. The van der Waals surface area contributed by atoms with Gasteiger partial charge >= 0.3 is 24.3 Å². The molecule has 0 fully saturated rings. The fraction of sp³-hybridized carbons (Fsp3) is 0.647. The Morgan fingerprint density at radius 1 is 0.839 bits per heavy atom. The first-order chi connectivity index (χ1) is 13.4. The highest BCUT2D eigenvalue weighted by Gasteiger charge is 2.40. The molecule has 1 atom stereocenters. The van der Waals surface area contributed by atoms with Gasteiger partial charge in [0.05, 0.1) is 12.2 Å². The number of carbonyl (C=O) groups excluding carboxylic acids is 4. The molecule has 1 unspecified atom stereocenters. The van der Waals surface area contributed by atoms with E-state index in [-0.39, 0.29) is 11.2 Å². The first kappa shape index (κ1) is 36.5. The highest BCUT2D eigenvalue weighted by molar-refractivity contribution is 6.62. The lowest BCUT2D eigenvalue weighted by atomic mass is 10.3. The molecule has 184 valence electrons. The summed E-state index contributed by atoms with van der Waals surface area (Å²) in [5.41, 5.74) is 0. The summed E-state index contributed by atoms with van der Waals surface area (Å²) in [5, 5.41) is -2.36. The zero-order chi connectivity index (χ0) is 26.2. The molecular formula is C17H24Cl2F6O6. The minimum absolute atomic E-state index is 0.312. The van der Waals surface area contributed by atoms with Crippen LogP contribution in [0, 0.1) is 0 Å². The van der Waals surface area contributed by atoms with Crippen molar-refractivity contribution < 1.29 is 55.0 Å². The molecular weight excluding hydrogens is 485 g/mol. The van der Waals surface area contributed by atoms with Gasteiger partial charge in [-0.05, 0) is 32.4 Å². The van der Waals surface area contributed by atoms with Gasteiger partial charge in [-0.2, -0.15) is 26.3 Å². The fourth-order valence-electron chi connectivity index (χ4n) is 1.22. The molecule has 0 amide bonds. The van der Waals surface area contributed by atoms with E-state index in [1.165, 1.54) is 13.8 Å². The molecule has 0 saturated carbocycles. The van der Waals surface area contributed by atoms with Gasteiger partial charge in [-0.25, -0.2) is 0 Å². The van der Waals surface area contributed by atoms with Crippen LogP contribution >= 0.6 is 23.2 Å². The molecule has 0 aliphatic carbocycles. The van der Waals surface area contributed by atoms with Crippen molar-refractivity contribution in [3.8, 4) is 0 Å². The number of ether oxygens (including phenoxy) is 2. The maximum Gasteiger partial charge on any atom is 0.395 e. The van der Waals surface area contributed by atoms with Gasteiger partial charge < -0.3 is 9.47 Å². The third-order valence-corrected chi connectivity index (χ3v) is 1.85. The monoisotopic (exact) mass is 508 g/mol. The minimum Gasteiger partial charge on any atom is -0.443 e. The molecule has 0 aromatic rings. The minimum atomic E-state index is -4.44. The van der Waals surface area contributed by atoms with Crippen molar-refractivity contribution in [2.75, 3.05) is 0 Å². The number of allylic oxidation sites excluding steroid dienone is 1. The second kappa shape index (κ2) is 16.8. The number of hydrogen-bond acceptors (Lipinski definition) is 6. The summed E-state index contributed by atoms with van der Waals surface area (Å²) in [6, 6.07) is 0. The third kappa shape index (κ3) is 58.4. The number of hydrogen-bond donors (Lipinski definition) is 0. The van der Waals surface area contributed by atoms with E-state index >= 15 is 0 Å². The fourth-order valence-corrected chi connectivity index (χ4v) is 1.48. The van der Waals surface area contributed by atoms with Crippen LogP contribution in [-0.4, -0.2) is 40.4 Å². The molecule has 0 rings (SSSR count). The van der Waals surface area contributed by atoms with Crippen LogP contribution in [0.4, 0.5) is 26.3 Å². The molecule has 0 saturated heterocycles. The molecule has 31 heavy (non-hydrogen) atoms. The molecule has 0 radical (unpaired) electrons. The molecule has 0 N–H and O–H groups in total. The van der Waals surface area contributed by atoms with Gasteiger partial charge in [-0.15, -0.1) is 0 Å². The summed E-state index contributed by atoms with van der Waals surface area (Å²) in [4.78, 5) is 39.2. The zero-order valence-corrected chi connectivity index (χ0v) is 19.1. The maximum atomic E-state index is 11.7. The maximum absolute atomic E-state index is 11.7. The Hall–Kier alpha value is -1.82. The van der Waals surface area contributed by atoms with E-state index in [9.17, 15) is 45.5 Å². The Labute approximate surface area is 185 Å². The van der Waals surface area contributed by atoms with Crippen LogP contribution in [0.1, 0.15) is 54.4 Å². The Morgan fingerprint density at radius 3 is 1.29 bits per heavy atom. The molecule has 0 bridgehead atoms. The molecule has 0 heterocycles. The Kier molecular flexibility index (Phi) is 19.8. The van der Waals surface area contributed by atoms with Crippen molar-refractivity contribution in [1.29, 1.82) is 0 Å². The van der Waals surface area contributed by atoms with Crippen LogP contribution in [0.3, 0.4) is 0 Å². The predicted octanol–water partition coefficient (Wildman–Crippen LogP) is 5.84. The van der Waals surface area contributed by atoms with E-state index < -0.39 is 42.0 Å². The van der Waals surface area contributed by atoms with Gasteiger partial charge in [0, 0.05) is 20.8 Å². The predicted molar refractivity (Wildman–Crippen MR) is 101 cm³/mol. The lowest BCUT2D eigenvalue weighted by molar-refractivity contribution is -0.176. The van der Waals surface area contributed by atoms with E-state index in [1.54, 1.807) is 6.92 Å². The van der Waals surface area contributed by atoms with Gasteiger partial charge in [0.15, 0.2) is 5.06 Å². The van der Waals surface area contributed by atoms with Crippen LogP contribution in [0.5, 0.6) is 0 Å². The average Bonchev–Trinajstić information content (AvgIpc) is 2.28. The van der Waals surface area contributed by atoms with E-state index in [1.807, 2.05) is 0 Å². The molecule has 14 heteroatoms. The molecule has 6 nitrogen and oxygen atoms in total. The lowest BCUT2D eigenvalue weighted by Crippen LogP contribution is -2.30. The van der Waals surface area contributed by atoms with Crippen LogP contribution in [-0.2, 0) is 28.7 Å².